The molecule has 0 bridgehead atoms. The van der Waals surface area contributed by atoms with E-state index in [1.54, 1.807) is 0 Å². The van der Waals surface area contributed by atoms with Gasteiger partial charge in [-0.2, -0.15) is 0 Å². The average Bonchev–Trinajstić information content (AvgIpc) is 2.53. The molecule has 0 aromatic carbocycles. The van der Waals surface area contributed by atoms with Crippen LogP contribution in [0, 0.1) is 0 Å². The summed E-state index contributed by atoms with van der Waals surface area (Å²) in [5.74, 6) is 1.25. The second-order valence-electron chi connectivity index (χ2n) is 3.56. The summed E-state index contributed by atoms with van der Waals surface area (Å²) >= 11 is 0. The van der Waals surface area contributed by atoms with Crippen LogP contribution in [0.2, 0.25) is 0 Å². The fourth-order valence-corrected chi connectivity index (χ4v) is 1.99. The number of hydrogen-bond acceptors (Lipinski definition) is 2. The Morgan fingerprint density at radius 2 is 2.31 bits per heavy atom. The van der Waals surface area contributed by atoms with E-state index in [9.17, 15) is 4.79 Å². The lowest BCUT2D eigenvalue weighted by Gasteiger charge is -2.22. The summed E-state index contributed by atoms with van der Waals surface area (Å²) < 4.78 is 5.69. The summed E-state index contributed by atoms with van der Waals surface area (Å²) in [6, 6.07) is 0. The highest BCUT2D eigenvalue weighted by molar-refractivity contribution is 5.97. The van der Waals surface area contributed by atoms with Gasteiger partial charge in [0.25, 0.3) is 0 Å². The van der Waals surface area contributed by atoms with Gasteiger partial charge >= 0.3 is 0 Å². The fraction of sp³-hybridized carbons (Fsp3) is 0.545. The molecular formula is C11H14O2. The zero-order valence-electron chi connectivity index (χ0n) is 7.88. The minimum Gasteiger partial charge on any atom is -0.490 e. The summed E-state index contributed by atoms with van der Waals surface area (Å²) in [5.41, 5.74) is 0.959. The largest absolute Gasteiger partial charge is 0.490 e. The zero-order chi connectivity index (χ0) is 9.26. The number of rotatable bonds is 1. The highest BCUT2D eigenvalue weighted by atomic mass is 16.5. The smallest absolute Gasteiger partial charge is 0.166 e. The van der Waals surface area contributed by atoms with Crippen LogP contribution in [0.15, 0.2) is 23.5 Å². The van der Waals surface area contributed by atoms with Crippen molar-refractivity contribution < 1.29 is 9.53 Å². The van der Waals surface area contributed by atoms with Crippen molar-refractivity contribution in [3.63, 3.8) is 0 Å². The van der Waals surface area contributed by atoms with Gasteiger partial charge < -0.3 is 4.74 Å². The molecule has 0 spiro atoms. The third-order valence-corrected chi connectivity index (χ3v) is 2.59. The molecule has 0 N–H and O–H groups in total. The Morgan fingerprint density at radius 3 is 3.08 bits per heavy atom. The Bertz CT molecular complexity index is 286. The SMILES string of the molecule is C/C=C/[C@H]1CC(=O)C2=C(CCC2)O1. The number of ketones is 1. The molecule has 13 heavy (non-hydrogen) atoms. The molecular weight excluding hydrogens is 164 g/mol. The molecule has 0 aromatic rings. The molecule has 70 valence electrons. The Labute approximate surface area is 78.3 Å². The van der Waals surface area contributed by atoms with Crippen LogP contribution in [0.25, 0.3) is 0 Å². The molecule has 1 aliphatic carbocycles. The first-order valence-corrected chi connectivity index (χ1v) is 4.86. The van der Waals surface area contributed by atoms with Crippen LogP contribution in [0.4, 0.5) is 0 Å². The number of carbonyl (C=O) groups is 1. The lowest BCUT2D eigenvalue weighted by Crippen LogP contribution is -2.22. The highest BCUT2D eigenvalue weighted by Crippen LogP contribution is 2.33. The van der Waals surface area contributed by atoms with E-state index >= 15 is 0 Å². The molecule has 0 saturated carbocycles. The van der Waals surface area contributed by atoms with Gasteiger partial charge in [-0.3, -0.25) is 4.79 Å². The molecule has 2 heteroatoms. The first-order valence-electron chi connectivity index (χ1n) is 4.86. The van der Waals surface area contributed by atoms with Crippen LogP contribution < -0.4 is 0 Å². The molecule has 0 saturated heterocycles. The molecule has 1 atom stereocenters. The predicted molar refractivity (Wildman–Crippen MR) is 50.2 cm³/mol. The number of ether oxygens (including phenoxy) is 1. The van der Waals surface area contributed by atoms with Crippen molar-refractivity contribution in [2.45, 2.75) is 38.7 Å². The van der Waals surface area contributed by atoms with Crippen LogP contribution in [-0.2, 0) is 9.53 Å². The van der Waals surface area contributed by atoms with E-state index in [0.29, 0.717) is 12.2 Å². The molecule has 0 amide bonds. The van der Waals surface area contributed by atoms with Crippen LogP contribution in [0.5, 0.6) is 0 Å². The summed E-state index contributed by atoms with van der Waals surface area (Å²) in [7, 11) is 0. The van der Waals surface area contributed by atoms with Gasteiger partial charge in [-0.25, -0.2) is 0 Å². The van der Waals surface area contributed by atoms with E-state index in [0.717, 1.165) is 30.6 Å². The maximum absolute atomic E-state index is 11.6. The van der Waals surface area contributed by atoms with Gasteiger partial charge in [0.05, 0.1) is 6.42 Å². The molecule has 0 aromatic heterocycles. The van der Waals surface area contributed by atoms with Gasteiger partial charge in [-0.05, 0) is 25.8 Å². The van der Waals surface area contributed by atoms with Gasteiger partial charge in [-0.1, -0.05) is 6.08 Å². The van der Waals surface area contributed by atoms with Crippen molar-refractivity contribution in [2.24, 2.45) is 0 Å². The summed E-state index contributed by atoms with van der Waals surface area (Å²) in [6.07, 6.45) is 7.39. The Morgan fingerprint density at radius 1 is 1.46 bits per heavy atom. The molecule has 0 fully saturated rings. The minimum atomic E-state index is -0.00523. The summed E-state index contributed by atoms with van der Waals surface area (Å²) in [6.45, 7) is 1.95. The minimum absolute atomic E-state index is 0.00523. The van der Waals surface area contributed by atoms with Crippen LogP contribution >= 0.6 is 0 Å². The third-order valence-electron chi connectivity index (χ3n) is 2.59. The monoisotopic (exact) mass is 178 g/mol. The molecule has 1 heterocycles. The van der Waals surface area contributed by atoms with Gasteiger partial charge in [0, 0.05) is 12.0 Å². The van der Waals surface area contributed by atoms with Crippen molar-refractivity contribution >= 4 is 5.78 Å². The van der Waals surface area contributed by atoms with Gasteiger partial charge in [0.2, 0.25) is 0 Å². The number of hydrogen-bond donors (Lipinski definition) is 0. The van der Waals surface area contributed by atoms with Gasteiger partial charge in [0.1, 0.15) is 11.9 Å². The summed E-state index contributed by atoms with van der Waals surface area (Å²) in [4.78, 5) is 11.6. The first-order chi connectivity index (χ1) is 6.31. The second-order valence-corrected chi connectivity index (χ2v) is 3.56. The summed E-state index contributed by atoms with van der Waals surface area (Å²) in [5, 5.41) is 0. The molecule has 2 nitrogen and oxygen atoms in total. The van der Waals surface area contributed by atoms with Crippen molar-refractivity contribution in [2.75, 3.05) is 0 Å². The lowest BCUT2D eigenvalue weighted by molar-refractivity contribution is -0.118. The number of carbonyl (C=O) groups excluding carboxylic acids is 1. The van der Waals surface area contributed by atoms with Crippen molar-refractivity contribution in [3.8, 4) is 0 Å². The van der Waals surface area contributed by atoms with E-state index in [1.165, 1.54) is 0 Å². The molecule has 0 radical (unpaired) electrons. The standard InChI is InChI=1S/C11H14O2/c1-2-4-8-7-10(12)9-5-3-6-11(9)13-8/h2,4,8H,3,5-7H2,1H3/b4-2+/t8-/m0/s1. The van der Waals surface area contributed by atoms with Crippen molar-refractivity contribution in [1.82, 2.24) is 0 Å². The van der Waals surface area contributed by atoms with E-state index in [1.807, 2.05) is 19.1 Å². The highest BCUT2D eigenvalue weighted by Gasteiger charge is 2.30. The zero-order valence-corrected chi connectivity index (χ0v) is 7.88. The second kappa shape index (κ2) is 3.36. The van der Waals surface area contributed by atoms with Gasteiger partial charge in [-0.15, -0.1) is 0 Å². The average molecular weight is 178 g/mol. The molecule has 0 unspecified atom stereocenters. The Hall–Kier alpha value is -1.05. The maximum Gasteiger partial charge on any atom is 0.166 e. The topological polar surface area (TPSA) is 26.3 Å². The fourth-order valence-electron chi connectivity index (χ4n) is 1.99. The van der Waals surface area contributed by atoms with E-state index in [-0.39, 0.29) is 6.10 Å². The number of Topliss-reactive ketones (excluding diaryl/α,β-unsaturated/α-hetero) is 1. The van der Waals surface area contributed by atoms with Crippen LogP contribution in [0.1, 0.15) is 32.6 Å². The number of allylic oxidation sites excluding steroid dienone is 3. The van der Waals surface area contributed by atoms with Gasteiger partial charge in [0.15, 0.2) is 5.78 Å². The van der Waals surface area contributed by atoms with Crippen molar-refractivity contribution in [3.05, 3.63) is 23.5 Å². The maximum atomic E-state index is 11.6. The molecule has 1 aliphatic heterocycles. The third kappa shape index (κ3) is 1.53. The van der Waals surface area contributed by atoms with E-state index < -0.39 is 0 Å². The predicted octanol–water partition coefficient (Wildman–Crippen LogP) is 2.36. The van der Waals surface area contributed by atoms with Crippen LogP contribution in [0.3, 0.4) is 0 Å². The Balaban J connectivity index is 2.18. The van der Waals surface area contributed by atoms with E-state index in [2.05, 4.69) is 0 Å². The normalized spacial score (nSPS) is 28.1. The van der Waals surface area contributed by atoms with E-state index in [4.69, 9.17) is 4.74 Å². The molecule has 2 rings (SSSR count). The lowest BCUT2D eigenvalue weighted by atomic mass is 10.0. The molecule has 2 aliphatic rings. The van der Waals surface area contributed by atoms with Crippen molar-refractivity contribution in [1.29, 1.82) is 0 Å². The Kier molecular flexibility index (Phi) is 2.21. The first kappa shape index (κ1) is 8.54. The van der Waals surface area contributed by atoms with Crippen LogP contribution in [-0.4, -0.2) is 11.9 Å². The quantitative estimate of drug-likeness (QED) is 0.576.